The summed E-state index contributed by atoms with van der Waals surface area (Å²) in [6.45, 7) is 0.628. The number of aromatic nitrogens is 1. The number of phenols is 1. The SMILES string of the molecule is COc1ccc(C(CC(=O)NCCc2c[nH]c3ccccc23)c2cc3c(cc2O)OCO3)cc1. The van der Waals surface area contributed by atoms with Gasteiger partial charge in [0.05, 0.1) is 7.11 Å². The average Bonchev–Trinajstić information content (AvgIpc) is 3.49. The Morgan fingerprint density at radius 2 is 1.88 bits per heavy atom. The number of nitrogens with one attached hydrogen (secondary N) is 2. The first-order valence-corrected chi connectivity index (χ1v) is 11.2. The molecule has 34 heavy (non-hydrogen) atoms. The predicted octanol–water partition coefficient (Wildman–Crippen LogP) is 4.49. The van der Waals surface area contributed by atoms with Gasteiger partial charge >= 0.3 is 0 Å². The minimum absolute atomic E-state index is 0.0664. The summed E-state index contributed by atoms with van der Waals surface area (Å²) in [7, 11) is 1.61. The molecule has 4 aromatic rings. The van der Waals surface area contributed by atoms with Crippen LogP contribution in [0, 0.1) is 0 Å². The Morgan fingerprint density at radius 1 is 1.12 bits per heavy atom. The summed E-state index contributed by atoms with van der Waals surface area (Å²) in [4.78, 5) is 16.2. The lowest BCUT2D eigenvalue weighted by atomic mass is 9.87. The summed E-state index contributed by atoms with van der Waals surface area (Å²) in [5.41, 5.74) is 3.75. The van der Waals surface area contributed by atoms with Crippen LogP contribution in [0.15, 0.2) is 66.9 Å². The van der Waals surface area contributed by atoms with Crippen molar-refractivity contribution < 1.29 is 24.1 Å². The normalized spacial score (nSPS) is 13.1. The van der Waals surface area contributed by atoms with E-state index in [1.165, 1.54) is 0 Å². The molecule has 0 saturated heterocycles. The fourth-order valence-corrected chi connectivity index (χ4v) is 4.40. The molecule has 7 nitrogen and oxygen atoms in total. The molecule has 1 aliphatic rings. The Labute approximate surface area is 197 Å². The number of phenolic OH excluding ortho intramolecular Hbond substituents is 1. The summed E-state index contributed by atoms with van der Waals surface area (Å²) in [6.07, 6.45) is 2.88. The lowest BCUT2D eigenvalue weighted by Gasteiger charge is -2.20. The molecule has 1 aliphatic heterocycles. The van der Waals surface area contributed by atoms with Crippen molar-refractivity contribution in [3.8, 4) is 23.0 Å². The van der Waals surface area contributed by atoms with Crippen molar-refractivity contribution in [2.24, 2.45) is 0 Å². The number of hydrogen-bond acceptors (Lipinski definition) is 5. The first-order valence-electron chi connectivity index (χ1n) is 11.2. The van der Waals surface area contributed by atoms with Gasteiger partial charge in [-0.25, -0.2) is 0 Å². The number of fused-ring (bicyclic) bond motifs is 2. The molecule has 5 rings (SSSR count). The highest BCUT2D eigenvalue weighted by atomic mass is 16.7. The molecule has 0 spiro atoms. The fraction of sp³-hybridized carbons (Fsp3) is 0.222. The Balaban J connectivity index is 1.33. The van der Waals surface area contributed by atoms with Gasteiger partial charge in [0.1, 0.15) is 11.5 Å². The molecule has 1 atom stereocenters. The zero-order valence-corrected chi connectivity index (χ0v) is 18.8. The molecule has 1 aromatic heterocycles. The van der Waals surface area contributed by atoms with Crippen LogP contribution < -0.4 is 19.5 Å². The van der Waals surface area contributed by atoms with Crippen molar-refractivity contribution >= 4 is 16.8 Å². The van der Waals surface area contributed by atoms with Crippen molar-refractivity contribution in [1.29, 1.82) is 0 Å². The van der Waals surface area contributed by atoms with Gasteiger partial charge in [-0.2, -0.15) is 0 Å². The number of amides is 1. The monoisotopic (exact) mass is 458 g/mol. The van der Waals surface area contributed by atoms with Gasteiger partial charge in [-0.3, -0.25) is 4.79 Å². The number of benzene rings is 3. The maximum Gasteiger partial charge on any atom is 0.231 e. The third-order valence-corrected chi connectivity index (χ3v) is 6.20. The Morgan fingerprint density at radius 3 is 2.68 bits per heavy atom. The van der Waals surface area contributed by atoms with Crippen molar-refractivity contribution in [3.05, 3.63) is 83.6 Å². The lowest BCUT2D eigenvalue weighted by Crippen LogP contribution is -2.27. The number of ether oxygens (including phenoxy) is 3. The van der Waals surface area contributed by atoms with Crippen molar-refractivity contribution in [1.82, 2.24) is 10.3 Å². The fourth-order valence-electron chi connectivity index (χ4n) is 4.40. The number of methoxy groups -OCH3 is 1. The maximum absolute atomic E-state index is 13.0. The van der Waals surface area contributed by atoms with E-state index in [0.29, 0.717) is 23.6 Å². The third-order valence-electron chi connectivity index (χ3n) is 6.20. The highest BCUT2D eigenvalue weighted by Crippen LogP contribution is 2.43. The zero-order chi connectivity index (χ0) is 23.5. The van der Waals surface area contributed by atoms with Gasteiger partial charge < -0.3 is 29.6 Å². The lowest BCUT2D eigenvalue weighted by molar-refractivity contribution is -0.121. The molecular weight excluding hydrogens is 432 g/mol. The number of carbonyl (C=O) groups is 1. The Bertz CT molecular complexity index is 1310. The van der Waals surface area contributed by atoms with E-state index < -0.39 is 0 Å². The highest BCUT2D eigenvalue weighted by Gasteiger charge is 2.25. The summed E-state index contributed by atoms with van der Waals surface area (Å²) < 4.78 is 16.1. The summed E-state index contributed by atoms with van der Waals surface area (Å²) in [5.74, 6) is 1.38. The van der Waals surface area contributed by atoms with Gasteiger partial charge in [-0.1, -0.05) is 30.3 Å². The van der Waals surface area contributed by atoms with E-state index in [-0.39, 0.29) is 30.8 Å². The molecule has 7 heteroatoms. The molecule has 3 N–H and O–H groups in total. The van der Waals surface area contributed by atoms with Crippen LogP contribution in [-0.4, -0.2) is 36.4 Å². The minimum Gasteiger partial charge on any atom is -0.508 e. The number of para-hydroxylation sites is 1. The Kier molecular flexibility index (Phi) is 5.99. The van der Waals surface area contributed by atoms with E-state index in [4.69, 9.17) is 14.2 Å². The van der Waals surface area contributed by atoms with Crippen LogP contribution in [0.3, 0.4) is 0 Å². The molecule has 0 radical (unpaired) electrons. The van der Waals surface area contributed by atoms with E-state index in [1.807, 2.05) is 48.7 Å². The minimum atomic E-state index is -0.367. The number of H-pyrrole nitrogens is 1. The topological polar surface area (TPSA) is 92.8 Å². The van der Waals surface area contributed by atoms with Gasteiger partial charge in [0.15, 0.2) is 11.5 Å². The van der Waals surface area contributed by atoms with Gasteiger partial charge in [0.2, 0.25) is 12.7 Å². The van der Waals surface area contributed by atoms with Crippen molar-refractivity contribution in [2.45, 2.75) is 18.8 Å². The molecule has 2 heterocycles. The van der Waals surface area contributed by atoms with Crippen LogP contribution in [0.25, 0.3) is 10.9 Å². The number of aromatic amines is 1. The second-order valence-electron chi connectivity index (χ2n) is 8.25. The third kappa shape index (κ3) is 4.37. The van der Waals surface area contributed by atoms with Crippen molar-refractivity contribution in [2.75, 3.05) is 20.4 Å². The van der Waals surface area contributed by atoms with Crippen LogP contribution >= 0.6 is 0 Å². The first-order chi connectivity index (χ1) is 16.6. The molecule has 1 amide bonds. The number of rotatable bonds is 8. The molecule has 1 unspecified atom stereocenters. The number of aromatic hydroxyl groups is 1. The molecule has 0 aliphatic carbocycles. The predicted molar refractivity (Wildman–Crippen MR) is 129 cm³/mol. The maximum atomic E-state index is 13.0. The molecular formula is C27H26N2O5. The smallest absolute Gasteiger partial charge is 0.231 e. The van der Waals surface area contributed by atoms with Crippen LogP contribution in [0.4, 0.5) is 0 Å². The molecule has 3 aromatic carbocycles. The highest BCUT2D eigenvalue weighted by molar-refractivity contribution is 5.83. The average molecular weight is 459 g/mol. The van der Waals surface area contributed by atoms with Gasteiger partial charge in [-0.15, -0.1) is 0 Å². The van der Waals surface area contributed by atoms with Crippen LogP contribution in [-0.2, 0) is 11.2 Å². The van der Waals surface area contributed by atoms with Crippen LogP contribution in [0.5, 0.6) is 23.0 Å². The Hall–Kier alpha value is -4.13. The standard InChI is InChI=1S/C27H26N2O5/c1-32-19-8-6-17(7-9-19)21(22-12-25-26(14-24(22)30)34-16-33-25)13-27(31)28-11-10-18-15-29-23-5-3-2-4-20(18)23/h2-9,12,14-15,21,29-30H,10-11,13,16H2,1H3,(H,28,31). The van der Waals surface area contributed by atoms with E-state index in [2.05, 4.69) is 16.4 Å². The summed E-state index contributed by atoms with van der Waals surface area (Å²) in [5, 5.41) is 14.9. The van der Waals surface area contributed by atoms with Crippen LogP contribution in [0.1, 0.15) is 29.0 Å². The van der Waals surface area contributed by atoms with Crippen LogP contribution in [0.2, 0.25) is 0 Å². The number of carbonyl (C=O) groups excluding carboxylic acids is 1. The van der Waals surface area contributed by atoms with Gasteiger partial charge in [-0.05, 0) is 41.8 Å². The molecule has 0 saturated carbocycles. The molecule has 0 fully saturated rings. The van der Waals surface area contributed by atoms with E-state index in [0.717, 1.165) is 34.2 Å². The van der Waals surface area contributed by atoms with Gasteiger partial charge in [0.25, 0.3) is 0 Å². The van der Waals surface area contributed by atoms with Crippen molar-refractivity contribution in [3.63, 3.8) is 0 Å². The van der Waals surface area contributed by atoms with E-state index in [9.17, 15) is 9.90 Å². The van der Waals surface area contributed by atoms with E-state index in [1.54, 1.807) is 19.2 Å². The zero-order valence-electron chi connectivity index (χ0n) is 18.8. The van der Waals surface area contributed by atoms with Gasteiger partial charge in [0, 0.05) is 47.6 Å². The largest absolute Gasteiger partial charge is 0.508 e. The quantitative estimate of drug-likeness (QED) is 0.362. The molecule has 174 valence electrons. The second kappa shape index (κ2) is 9.39. The summed E-state index contributed by atoms with van der Waals surface area (Å²) >= 11 is 0. The summed E-state index contributed by atoms with van der Waals surface area (Å²) in [6, 6.07) is 18.9. The van der Waals surface area contributed by atoms with E-state index >= 15 is 0 Å². The first kappa shape index (κ1) is 21.7. The second-order valence-corrected chi connectivity index (χ2v) is 8.25. The number of hydrogen-bond donors (Lipinski definition) is 3. The molecule has 0 bridgehead atoms.